The minimum atomic E-state index is -0.781. The lowest BCUT2D eigenvalue weighted by Gasteiger charge is -2.18. The van der Waals surface area contributed by atoms with E-state index in [-0.39, 0.29) is 34.2 Å². The first-order valence-electron chi connectivity index (χ1n) is 11.5. The third kappa shape index (κ3) is 5.34. The molecule has 0 aromatic heterocycles. The van der Waals surface area contributed by atoms with Gasteiger partial charge in [0.1, 0.15) is 16.5 Å². The Morgan fingerprint density at radius 3 is 2.21 bits per heavy atom. The fraction of sp³-hybridized carbons (Fsp3) is 0.143. The van der Waals surface area contributed by atoms with Crippen LogP contribution in [-0.4, -0.2) is 30.4 Å². The molecule has 0 saturated heterocycles. The van der Waals surface area contributed by atoms with Crippen molar-refractivity contribution in [2.24, 2.45) is 0 Å². The Kier molecular flexibility index (Phi) is 7.99. The van der Waals surface area contributed by atoms with Gasteiger partial charge in [-0.1, -0.05) is 39.7 Å². The van der Waals surface area contributed by atoms with Gasteiger partial charge in [-0.2, -0.15) is 0 Å². The fourth-order valence-corrected chi connectivity index (χ4v) is 4.82. The van der Waals surface area contributed by atoms with E-state index < -0.39 is 23.8 Å². The summed E-state index contributed by atoms with van der Waals surface area (Å²) >= 11 is 9.65. The number of nitrogens with zero attached hydrogens (tertiary/aromatic N) is 1. The Hall–Kier alpha value is -3.95. The lowest BCUT2D eigenvalue weighted by atomic mass is 10.1. The van der Waals surface area contributed by atoms with E-state index in [0.717, 1.165) is 20.5 Å². The van der Waals surface area contributed by atoms with E-state index in [1.165, 1.54) is 24.3 Å². The molecule has 3 aromatic carbocycles. The standard InChI is InChI=1S/C28H22BrClN2O6/c1-4-37-28(36)20-7-5-6-8-21(20)32-25(33)22(30)23(26(32)34)31-19-11-9-17(10-12-19)27(35)38-24-15(2)13-18(29)14-16(24)3/h5-14,31H,4H2,1-3H3. The molecule has 0 fully saturated rings. The number of anilines is 2. The van der Waals surface area contributed by atoms with E-state index in [4.69, 9.17) is 21.1 Å². The smallest absolute Gasteiger partial charge is 0.343 e. The number of halogens is 2. The number of benzene rings is 3. The number of carbonyl (C=O) groups excluding carboxylic acids is 4. The van der Waals surface area contributed by atoms with Gasteiger partial charge in [0, 0.05) is 10.2 Å². The summed E-state index contributed by atoms with van der Waals surface area (Å²) < 4.78 is 11.5. The van der Waals surface area contributed by atoms with Gasteiger partial charge in [0.05, 0.1) is 23.4 Å². The summed E-state index contributed by atoms with van der Waals surface area (Å²) in [6, 6.07) is 16.0. The van der Waals surface area contributed by atoms with E-state index in [9.17, 15) is 19.2 Å². The lowest BCUT2D eigenvalue weighted by molar-refractivity contribution is -0.120. The quantitative estimate of drug-likeness (QED) is 0.206. The highest BCUT2D eigenvalue weighted by molar-refractivity contribution is 9.10. The fourth-order valence-electron chi connectivity index (χ4n) is 3.92. The SMILES string of the molecule is CCOC(=O)c1ccccc1N1C(=O)C(Cl)=C(Nc2ccc(C(=O)Oc3c(C)cc(Br)cc3C)cc2)C1=O. The van der Waals surface area contributed by atoms with Crippen molar-refractivity contribution in [3.05, 3.63) is 98.1 Å². The molecule has 8 nitrogen and oxygen atoms in total. The van der Waals surface area contributed by atoms with E-state index in [1.807, 2.05) is 26.0 Å². The topological polar surface area (TPSA) is 102 Å². The van der Waals surface area contributed by atoms with Gasteiger partial charge in [-0.3, -0.25) is 9.59 Å². The molecule has 38 heavy (non-hydrogen) atoms. The van der Waals surface area contributed by atoms with Gasteiger partial charge in [0.25, 0.3) is 11.8 Å². The Morgan fingerprint density at radius 1 is 0.947 bits per heavy atom. The van der Waals surface area contributed by atoms with E-state index in [1.54, 1.807) is 31.2 Å². The van der Waals surface area contributed by atoms with Gasteiger partial charge >= 0.3 is 11.9 Å². The van der Waals surface area contributed by atoms with Crippen LogP contribution in [0.25, 0.3) is 0 Å². The number of aryl methyl sites for hydroxylation is 2. The van der Waals surface area contributed by atoms with Crippen molar-refractivity contribution in [1.82, 2.24) is 0 Å². The number of esters is 2. The molecule has 0 atom stereocenters. The molecule has 0 radical (unpaired) electrons. The summed E-state index contributed by atoms with van der Waals surface area (Å²) in [5.41, 5.74) is 2.27. The molecule has 4 rings (SSSR count). The summed E-state index contributed by atoms with van der Waals surface area (Å²) in [4.78, 5) is 52.0. The highest BCUT2D eigenvalue weighted by atomic mass is 79.9. The number of amides is 2. The number of hydrogen-bond acceptors (Lipinski definition) is 7. The Bertz CT molecular complexity index is 1480. The zero-order valence-corrected chi connectivity index (χ0v) is 23.0. The Labute approximate surface area is 232 Å². The van der Waals surface area contributed by atoms with Crippen molar-refractivity contribution in [2.75, 3.05) is 16.8 Å². The van der Waals surface area contributed by atoms with Crippen LogP contribution in [0.3, 0.4) is 0 Å². The molecular formula is C28H22BrClN2O6. The first-order chi connectivity index (χ1) is 18.1. The number of rotatable bonds is 7. The molecule has 0 saturated carbocycles. The van der Waals surface area contributed by atoms with Gasteiger partial charge in [0.15, 0.2) is 0 Å². The molecule has 1 aliphatic heterocycles. The normalized spacial score (nSPS) is 13.1. The third-order valence-electron chi connectivity index (χ3n) is 5.68. The second kappa shape index (κ2) is 11.2. The summed E-state index contributed by atoms with van der Waals surface area (Å²) in [5.74, 6) is -2.25. The largest absolute Gasteiger partial charge is 0.462 e. The molecule has 1 N–H and O–H groups in total. The molecule has 3 aromatic rings. The zero-order chi connectivity index (χ0) is 27.6. The van der Waals surface area contributed by atoms with Crippen LogP contribution in [0, 0.1) is 13.8 Å². The second-order valence-electron chi connectivity index (χ2n) is 8.33. The summed E-state index contributed by atoms with van der Waals surface area (Å²) in [6.07, 6.45) is 0. The molecule has 0 aliphatic carbocycles. The maximum atomic E-state index is 13.2. The second-order valence-corrected chi connectivity index (χ2v) is 9.63. The number of para-hydroxylation sites is 1. The minimum absolute atomic E-state index is 0.0564. The van der Waals surface area contributed by atoms with E-state index >= 15 is 0 Å². The number of nitrogens with one attached hydrogen (secondary N) is 1. The first kappa shape index (κ1) is 27.1. The molecule has 1 heterocycles. The van der Waals surface area contributed by atoms with Gasteiger partial charge in [-0.05, 0) is 80.4 Å². The predicted molar refractivity (Wildman–Crippen MR) is 146 cm³/mol. The van der Waals surface area contributed by atoms with Crippen molar-refractivity contribution in [1.29, 1.82) is 0 Å². The average Bonchev–Trinajstić information content (AvgIpc) is 3.09. The van der Waals surface area contributed by atoms with Crippen LogP contribution >= 0.6 is 27.5 Å². The van der Waals surface area contributed by atoms with Crippen LogP contribution < -0.4 is 15.0 Å². The highest BCUT2D eigenvalue weighted by Crippen LogP contribution is 2.33. The van der Waals surface area contributed by atoms with Crippen LogP contribution in [0.15, 0.2) is 75.9 Å². The highest BCUT2D eigenvalue weighted by Gasteiger charge is 2.40. The van der Waals surface area contributed by atoms with Gasteiger partial charge in [0.2, 0.25) is 0 Å². The van der Waals surface area contributed by atoms with Crippen LogP contribution in [0.5, 0.6) is 5.75 Å². The third-order valence-corrected chi connectivity index (χ3v) is 6.49. The van der Waals surface area contributed by atoms with Crippen LogP contribution in [0.2, 0.25) is 0 Å². The van der Waals surface area contributed by atoms with Crippen LogP contribution in [-0.2, 0) is 14.3 Å². The summed E-state index contributed by atoms with van der Waals surface area (Å²) in [7, 11) is 0. The molecule has 2 amide bonds. The molecule has 194 valence electrons. The maximum absolute atomic E-state index is 13.2. The van der Waals surface area contributed by atoms with Crippen molar-refractivity contribution < 1.29 is 28.7 Å². The molecule has 0 bridgehead atoms. The lowest BCUT2D eigenvalue weighted by Crippen LogP contribution is -2.33. The molecule has 1 aliphatic rings. The van der Waals surface area contributed by atoms with Crippen LogP contribution in [0.1, 0.15) is 38.8 Å². The number of hydrogen-bond donors (Lipinski definition) is 1. The van der Waals surface area contributed by atoms with Crippen molar-refractivity contribution in [3.8, 4) is 5.75 Å². The van der Waals surface area contributed by atoms with Gasteiger partial charge in [-0.25, -0.2) is 14.5 Å². The predicted octanol–water partition coefficient (Wildman–Crippen LogP) is 5.90. The molecule has 10 heteroatoms. The summed E-state index contributed by atoms with van der Waals surface area (Å²) in [5, 5.41) is 2.51. The Morgan fingerprint density at radius 2 is 1.58 bits per heavy atom. The minimum Gasteiger partial charge on any atom is -0.462 e. The molecule has 0 unspecified atom stereocenters. The van der Waals surface area contributed by atoms with Crippen molar-refractivity contribution >= 4 is 62.7 Å². The van der Waals surface area contributed by atoms with Crippen molar-refractivity contribution in [3.63, 3.8) is 0 Å². The van der Waals surface area contributed by atoms with Gasteiger partial charge < -0.3 is 14.8 Å². The molecule has 0 spiro atoms. The number of imide groups is 1. The molecular weight excluding hydrogens is 576 g/mol. The summed E-state index contributed by atoms with van der Waals surface area (Å²) in [6.45, 7) is 5.48. The Balaban J connectivity index is 1.52. The first-order valence-corrected chi connectivity index (χ1v) is 12.7. The van der Waals surface area contributed by atoms with E-state index in [0.29, 0.717) is 11.4 Å². The zero-order valence-electron chi connectivity index (χ0n) is 20.6. The van der Waals surface area contributed by atoms with Crippen molar-refractivity contribution in [2.45, 2.75) is 20.8 Å². The van der Waals surface area contributed by atoms with Crippen LogP contribution in [0.4, 0.5) is 11.4 Å². The van der Waals surface area contributed by atoms with E-state index in [2.05, 4.69) is 21.2 Å². The maximum Gasteiger partial charge on any atom is 0.343 e. The number of carbonyl (C=O) groups is 4. The monoisotopic (exact) mass is 596 g/mol. The van der Waals surface area contributed by atoms with Gasteiger partial charge in [-0.15, -0.1) is 0 Å². The number of ether oxygens (including phenoxy) is 2. The average molecular weight is 598 g/mol.